The van der Waals surface area contributed by atoms with Crippen LogP contribution in [-0.4, -0.2) is 0 Å². The van der Waals surface area contributed by atoms with Crippen molar-refractivity contribution in [2.75, 3.05) is 0 Å². The first-order valence-corrected chi connectivity index (χ1v) is 11.6. The first-order chi connectivity index (χ1) is 11.6. The molecule has 0 aromatic carbocycles. The van der Waals surface area contributed by atoms with E-state index in [4.69, 9.17) is 0 Å². The van der Waals surface area contributed by atoms with E-state index in [0.29, 0.717) is 0 Å². The van der Waals surface area contributed by atoms with E-state index in [2.05, 4.69) is 27.7 Å². The highest BCUT2D eigenvalue weighted by molar-refractivity contribution is 4.99. The van der Waals surface area contributed by atoms with E-state index < -0.39 is 0 Å². The lowest BCUT2D eigenvalue weighted by atomic mass is 9.49. The maximum absolute atomic E-state index is 2.59. The highest BCUT2D eigenvalue weighted by atomic mass is 14.5. The van der Waals surface area contributed by atoms with Crippen LogP contribution in [0.3, 0.4) is 0 Å². The van der Waals surface area contributed by atoms with Crippen LogP contribution in [-0.2, 0) is 0 Å². The summed E-state index contributed by atoms with van der Waals surface area (Å²) in [6, 6.07) is 0. The average molecular weight is 331 g/mol. The molecule has 0 amide bonds. The van der Waals surface area contributed by atoms with Gasteiger partial charge in [0.25, 0.3) is 0 Å². The van der Waals surface area contributed by atoms with Gasteiger partial charge < -0.3 is 0 Å². The third-order valence-electron chi connectivity index (χ3n) is 9.57. The van der Waals surface area contributed by atoms with Gasteiger partial charge in [-0.2, -0.15) is 0 Å². The summed E-state index contributed by atoms with van der Waals surface area (Å²) in [6.07, 6.45) is 15.5. The topological polar surface area (TPSA) is 0 Å². The minimum Gasteiger partial charge on any atom is -0.0622 e. The van der Waals surface area contributed by atoms with Gasteiger partial charge in [-0.05, 0) is 84.9 Å². The molecule has 0 radical (unpaired) electrons. The fourth-order valence-electron chi connectivity index (χ4n) is 8.72. The first-order valence-electron chi connectivity index (χ1n) is 11.6. The lowest BCUT2D eigenvalue weighted by molar-refractivity contribution is -0.0672. The first kappa shape index (κ1) is 17.4. The molecule has 0 heteroatoms. The van der Waals surface area contributed by atoms with Gasteiger partial charge in [-0.3, -0.25) is 0 Å². The molecule has 0 heterocycles. The second-order valence-corrected chi connectivity index (χ2v) is 10.7. The molecule has 10 unspecified atom stereocenters. The van der Waals surface area contributed by atoms with Crippen molar-refractivity contribution in [3.63, 3.8) is 0 Å². The van der Waals surface area contributed by atoms with Crippen molar-refractivity contribution in [1.82, 2.24) is 0 Å². The number of rotatable bonds is 1. The third-order valence-corrected chi connectivity index (χ3v) is 9.57. The second kappa shape index (κ2) is 6.96. The Morgan fingerprint density at radius 2 is 0.750 bits per heavy atom. The zero-order chi connectivity index (χ0) is 16.8. The van der Waals surface area contributed by atoms with Crippen LogP contribution >= 0.6 is 0 Å². The molecule has 0 N–H and O–H groups in total. The summed E-state index contributed by atoms with van der Waals surface area (Å²) in [5.74, 6) is 10.5. The molecule has 4 fully saturated rings. The van der Waals surface area contributed by atoms with Crippen LogP contribution in [0.5, 0.6) is 0 Å². The summed E-state index contributed by atoms with van der Waals surface area (Å²) in [5, 5.41) is 0. The highest BCUT2D eigenvalue weighted by Crippen LogP contribution is 2.58. The lowest BCUT2D eigenvalue weighted by Crippen LogP contribution is -2.48. The van der Waals surface area contributed by atoms with Crippen LogP contribution in [0.2, 0.25) is 0 Å². The summed E-state index contributed by atoms with van der Waals surface area (Å²) in [5.41, 5.74) is 0. The molecule has 138 valence electrons. The van der Waals surface area contributed by atoms with Gasteiger partial charge in [0.15, 0.2) is 0 Å². The van der Waals surface area contributed by atoms with Crippen molar-refractivity contribution < 1.29 is 0 Å². The van der Waals surface area contributed by atoms with Gasteiger partial charge in [0, 0.05) is 0 Å². The quantitative estimate of drug-likeness (QED) is 0.477. The molecule has 0 aliphatic heterocycles. The largest absolute Gasteiger partial charge is 0.0622 e. The van der Waals surface area contributed by atoms with Crippen molar-refractivity contribution in [1.29, 1.82) is 0 Å². The van der Waals surface area contributed by atoms with Gasteiger partial charge in [0.1, 0.15) is 0 Å². The normalized spacial score (nSPS) is 55.5. The van der Waals surface area contributed by atoms with Crippen LogP contribution in [0, 0.1) is 59.2 Å². The molecule has 4 rings (SSSR count). The summed E-state index contributed by atoms with van der Waals surface area (Å²) in [4.78, 5) is 0. The lowest BCUT2D eigenvalue weighted by Gasteiger charge is -2.56. The fraction of sp³-hybridized carbons (Fsp3) is 1.00. The monoisotopic (exact) mass is 330 g/mol. The van der Waals surface area contributed by atoms with E-state index in [-0.39, 0.29) is 0 Å². The molecule has 0 spiro atoms. The standard InChI is InChI=1S/C24H42/c1-15-7-5-9-21-19(13-11-17(3)23(15)21)20-14-12-18(4)24-16(2)8-6-10-22(20)24/h15-24H,5-14H2,1-4H3. The predicted molar refractivity (Wildman–Crippen MR) is 104 cm³/mol. The van der Waals surface area contributed by atoms with Crippen LogP contribution in [0.1, 0.15) is 91.9 Å². The maximum Gasteiger partial charge on any atom is -0.0332 e. The van der Waals surface area contributed by atoms with Crippen LogP contribution < -0.4 is 0 Å². The molecule has 0 nitrogen and oxygen atoms in total. The van der Waals surface area contributed by atoms with Gasteiger partial charge in [-0.15, -0.1) is 0 Å². The number of hydrogen-bond donors (Lipinski definition) is 0. The SMILES string of the molecule is CC1CCCC2C(C3CCC(C)C4C(C)CCCC34)CCC(C)C12. The summed E-state index contributed by atoms with van der Waals surface area (Å²) < 4.78 is 0. The van der Waals surface area contributed by atoms with Crippen molar-refractivity contribution >= 4 is 0 Å². The zero-order valence-electron chi connectivity index (χ0n) is 16.8. The fourth-order valence-corrected chi connectivity index (χ4v) is 8.72. The van der Waals surface area contributed by atoms with E-state index in [1.54, 1.807) is 25.7 Å². The summed E-state index contributed by atoms with van der Waals surface area (Å²) in [6.45, 7) is 10.3. The average Bonchev–Trinajstić information content (AvgIpc) is 2.56. The van der Waals surface area contributed by atoms with Gasteiger partial charge in [-0.25, -0.2) is 0 Å². The van der Waals surface area contributed by atoms with E-state index >= 15 is 0 Å². The Morgan fingerprint density at radius 3 is 1.17 bits per heavy atom. The Kier molecular flexibility index (Phi) is 5.05. The molecule has 4 aliphatic rings. The molecule has 0 aromatic heterocycles. The maximum atomic E-state index is 2.59. The smallest absolute Gasteiger partial charge is 0.0332 e. The van der Waals surface area contributed by atoms with Crippen molar-refractivity contribution in [2.24, 2.45) is 59.2 Å². The second-order valence-electron chi connectivity index (χ2n) is 10.7. The number of hydrogen-bond acceptors (Lipinski definition) is 0. The third kappa shape index (κ3) is 2.88. The molecule has 0 saturated heterocycles. The molecule has 24 heavy (non-hydrogen) atoms. The Labute approximate surface area is 151 Å². The summed E-state index contributed by atoms with van der Waals surface area (Å²) in [7, 11) is 0. The van der Waals surface area contributed by atoms with Gasteiger partial charge >= 0.3 is 0 Å². The minimum absolute atomic E-state index is 1.00. The molecule has 0 aromatic rings. The molecular weight excluding hydrogens is 288 g/mol. The van der Waals surface area contributed by atoms with E-state index in [9.17, 15) is 0 Å². The van der Waals surface area contributed by atoms with Crippen molar-refractivity contribution in [3.05, 3.63) is 0 Å². The molecule has 4 aliphatic carbocycles. The van der Waals surface area contributed by atoms with Crippen LogP contribution in [0.25, 0.3) is 0 Å². The minimum atomic E-state index is 1.00. The summed E-state index contributed by atoms with van der Waals surface area (Å²) >= 11 is 0. The van der Waals surface area contributed by atoms with Gasteiger partial charge in [0.2, 0.25) is 0 Å². The molecule has 0 bridgehead atoms. The van der Waals surface area contributed by atoms with E-state index in [1.807, 2.05) is 0 Å². The van der Waals surface area contributed by atoms with E-state index in [0.717, 1.165) is 59.2 Å². The Morgan fingerprint density at radius 1 is 0.375 bits per heavy atom. The molecular formula is C24H42. The Bertz CT molecular complexity index is 378. The van der Waals surface area contributed by atoms with Gasteiger partial charge in [-0.1, -0.05) is 66.2 Å². The van der Waals surface area contributed by atoms with Crippen molar-refractivity contribution in [2.45, 2.75) is 91.9 Å². The predicted octanol–water partition coefficient (Wildman–Crippen LogP) is 7.18. The Balaban J connectivity index is 1.57. The molecule has 10 atom stereocenters. The van der Waals surface area contributed by atoms with Crippen LogP contribution in [0.4, 0.5) is 0 Å². The van der Waals surface area contributed by atoms with Crippen LogP contribution in [0.15, 0.2) is 0 Å². The van der Waals surface area contributed by atoms with Gasteiger partial charge in [0.05, 0.1) is 0 Å². The zero-order valence-corrected chi connectivity index (χ0v) is 16.8. The van der Waals surface area contributed by atoms with Crippen molar-refractivity contribution in [3.8, 4) is 0 Å². The Hall–Kier alpha value is 0. The molecule has 4 saturated carbocycles. The van der Waals surface area contributed by atoms with E-state index in [1.165, 1.54) is 38.5 Å². The number of fused-ring (bicyclic) bond motifs is 2. The highest BCUT2D eigenvalue weighted by Gasteiger charge is 2.50.